The van der Waals surface area contributed by atoms with Gasteiger partial charge in [0.15, 0.2) is 11.4 Å². The Morgan fingerprint density at radius 3 is 2.00 bits per heavy atom. The van der Waals surface area contributed by atoms with Crippen LogP contribution in [0.4, 0.5) is 11.4 Å². The maximum atomic E-state index is 12.3. The molecule has 1 atom stereocenters. The third-order valence-corrected chi connectivity index (χ3v) is 5.17. The number of rotatable bonds is 10. The standard InChI is InChI=1S/C16H28N2O4S/c1-5-7-9-18(23(19)20,10-8-6-2)14-12-15(21-3)13(17)11-16(14)22-4/h11-12H,5-10,17H2,1-4H3/p+1. The van der Waals surface area contributed by atoms with Crippen LogP contribution in [0.5, 0.6) is 11.5 Å². The van der Waals surface area contributed by atoms with Gasteiger partial charge in [0.25, 0.3) is 0 Å². The van der Waals surface area contributed by atoms with Crippen LogP contribution in [0, 0.1) is 0 Å². The van der Waals surface area contributed by atoms with Gasteiger partial charge in [0.1, 0.15) is 5.75 Å². The number of nitrogens with two attached hydrogens (primary N) is 1. The lowest BCUT2D eigenvalue weighted by molar-refractivity contribution is 0.350. The van der Waals surface area contributed by atoms with Gasteiger partial charge in [-0.3, -0.25) is 4.55 Å². The summed E-state index contributed by atoms with van der Waals surface area (Å²) in [5.74, 6) is 1.000. The highest BCUT2D eigenvalue weighted by molar-refractivity contribution is 7.78. The summed E-state index contributed by atoms with van der Waals surface area (Å²) in [5, 5.41) is 0. The van der Waals surface area contributed by atoms with E-state index in [4.69, 9.17) is 15.2 Å². The molecule has 0 aliphatic heterocycles. The summed E-state index contributed by atoms with van der Waals surface area (Å²) in [6, 6.07) is 3.39. The van der Waals surface area contributed by atoms with Crippen LogP contribution in [-0.2, 0) is 11.3 Å². The number of unbranched alkanes of at least 4 members (excludes halogenated alkanes) is 2. The second-order valence-corrected chi connectivity index (χ2v) is 6.70. The van der Waals surface area contributed by atoms with Crippen LogP contribution in [0.25, 0.3) is 0 Å². The van der Waals surface area contributed by atoms with Gasteiger partial charge in [-0.2, -0.15) is 8.10 Å². The molecule has 0 spiro atoms. The lowest BCUT2D eigenvalue weighted by Crippen LogP contribution is -2.52. The van der Waals surface area contributed by atoms with Gasteiger partial charge in [-0.05, 0) is 12.8 Å². The molecule has 0 heterocycles. The smallest absolute Gasteiger partial charge is 0.363 e. The first-order valence-electron chi connectivity index (χ1n) is 7.97. The summed E-state index contributed by atoms with van der Waals surface area (Å²) in [4.78, 5) is 0. The summed E-state index contributed by atoms with van der Waals surface area (Å²) in [5.41, 5.74) is 7.03. The van der Waals surface area contributed by atoms with Crippen LogP contribution in [0.3, 0.4) is 0 Å². The second-order valence-electron chi connectivity index (χ2n) is 5.54. The van der Waals surface area contributed by atoms with Crippen LogP contribution in [0.2, 0.25) is 0 Å². The molecule has 1 aromatic carbocycles. The fraction of sp³-hybridized carbons (Fsp3) is 0.625. The SMILES string of the molecule is CCCC[N+](CCCC)(c1cc(OC)c(N)cc1OC)S(=O)O. The molecular weight excluding hydrogens is 316 g/mol. The third kappa shape index (κ3) is 4.37. The second kappa shape index (κ2) is 9.10. The maximum Gasteiger partial charge on any atom is 0.363 e. The van der Waals surface area contributed by atoms with Crippen molar-refractivity contribution >= 4 is 22.6 Å². The van der Waals surface area contributed by atoms with Crippen molar-refractivity contribution in [3.63, 3.8) is 0 Å². The molecular formula is C16H29N2O4S+. The van der Waals surface area contributed by atoms with Crippen LogP contribution in [0.1, 0.15) is 39.5 Å². The minimum atomic E-state index is -2.08. The molecule has 0 radical (unpaired) electrons. The number of methoxy groups -OCH3 is 2. The zero-order chi connectivity index (χ0) is 17.5. The number of nitrogens with zero attached hydrogens (tertiary/aromatic N) is 1. The third-order valence-electron chi connectivity index (χ3n) is 4.01. The van der Waals surface area contributed by atoms with Crippen LogP contribution < -0.4 is 19.1 Å². The number of ether oxygens (including phenoxy) is 2. The van der Waals surface area contributed by atoms with Gasteiger partial charge in [-0.15, -0.1) is 0 Å². The van der Waals surface area contributed by atoms with E-state index in [0.29, 0.717) is 36.0 Å². The van der Waals surface area contributed by atoms with Gasteiger partial charge in [-0.25, -0.2) is 0 Å². The van der Waals surface area contributed by atoms with Crippen molar-refractivity contribution in [3.8, 4) is 11.5 Å². The number of quaternary nitrogens is 1. The fourth-order valence-corrected chi connectivity index (χ4v) is 3.53. The predicted octanol–water partition coefficient (Wildman–Crippen LogP) is 3.33. The molecule has 6 nitrogen and oxygen atoms in total. The Kier molecular flexibility index (Phi) is 7.81. The van der Waals surface area contributed by atoms with Crippen molar-refractivity contribution in [2.45, 2.75) is 39.5 Å². The van der Waals surface area contributed by atoms with Gasteiger partial charge in [0.2, 0.25) is 0 Å². The molecule has 3 N–H and O–H groups in total. The van der Waals surface area contributed by atoms with E-state index in [1.54, 1.807) is 19.2 Å². The van der Waals surface area contributed by atoms with Gasteiger partial charge in [0, 0.05) is 12.1 Å². The summed E-state index contributed by atoms with van der Waals surface area (Å²) < 4.78 is 33.2. The molecule has 0 bridgehead atoms. The van der Waals surface area contributed by atoms with E-state index in [-0.39, 0.29) is 3.89 Å². The highest BCUT2D eigenvalue weighted by Gasteiger charge is 2.40. The lowest BCUT2D eigenvalue weighted by atomic mass is 10.2. The van der Waals surface area contributed by atoms with Crippen molar-refractivity contribution in [2.24, 2.45) is 0 Å². The topological polar surface area (TPSA) is 81.8 Å². The molecule has 0 aliphatic carbocycles. The first kappa shape index (κ1) is 19.7. The number of anilines is 1. The summed E-state index contributed by atoms with van der Waals surface area (Å²) >= 11 is -2.08. The van der Waals surface area contributed by atoms with Gasteiger partial charge >= 0.3 is 11.3 Å². The lowest BCUT2D eigenvalue weighted by Gasteiger charge is -2.34. The van der Waals surface area contributed by atoms with E-state index in [1.807, 2.05) is 0 Å². The van der Waals surface area contributed by atoms with Crippen molar-refractivity contribution in [1.82, 2.24) is 3.89 Å². The number of nitrogen functional groups attached to an aromatic ring is 1. The van der Waals surface area contributed by atoms with Crippen molar-refractivity contribution in [1.29, 1.82) is 0 Å². The molecule has 0 aromatic heterocycles. The van der Waals surface area contributed by atoms with E-state index in [9.17, 15) is 8.76 Å². The van der Waals surface area contributed by atoms with Gasteiger partial charge < -0.3 is 15.2 Å². The summed E-state index contributed by atoms with van der Waals surface area (Å²) in [6.07, 6.45) is 3.56. The molecule has 0 amide bonds. The summed E-state index contributed by atoms with van der Waals surface area (Å²) in [7, 11) is 3.07. The van der Waals surface area contributed by atoms with E-state index >= 15 is 0 Å². The van der Waals surface area contributed by atoms with Gasteiger partial charge in [0.05, 0.1) is 33.0 Å². The van der Waals surface area contributed by atoms with Gasteiger partial charge in [-0.1, -0.05) is 26.7 Å². The number of hydrogen-bond acceptors (Lipinski definition) is 4. The molecule has 0 saturated heterocycles. The zero-order valence-electron chi connectivity index (χ0n) is 14.5. The Morgan fingerprint density at radius 2 is 1.61 bits per heavy atom. The molecule has 0 fully saturated rings. The van der Waals surface area contributed by atoms with E-state index in [0.717, 1.165) is 25.7 Å². The monoisotopic (exact) mass is 345 g/mol. The Hall–Kier alpha value is -1.31. The average Bonchev–Trinajstić information content (AvgIpc) is 2.55. The Labute approximate surface area is 141 Å². The predicted molar refractivity (Wildman–Crippen MR) is 96.1 cm³/mol. The van der Waals surface area contributed by atoms with Crippen LogP contribution in [-0.4, -0.2) is 36.1 Å². The minimum absolute atomic E-state index is 0.0541. The minimum Gasteiger partial charge on any atom is -0.494 e. The first-order chi connectivity index (χ1) is 11.0. The van der Waals surface area contributed by atoms with Crippen molar-refractivity contribution in [2.75, 3.05) is 33.0 Å². The van der Waals surface area contributed by atoms with Crippen LogP contribution in [0.15, 0.2) is 12.1 Å². The van der Waals surface area contributed by atoms with E-state index < -0.39 is 11.3 Å². The van der Waals surface area contributed by atoms with E-state index in [1.165, 1.54) is 7.11 Å². The number of benzene rings is 1. The highest BCUT2D eigenvalue weighted by atomic mass is 32.2. The fourth-order valence-electron chi connectivity index (χ4n) is 2.64. The number of hydrogen-bond donors (Lipinski definition) is 2. The molecule has 23 heavy (non-hydrogen) atoms. The first-order valence-corrected chi connectivity index (χ1v) is 9.03. The Bertz CT molecular complexity index is 529. The Morgan fingerprint density at radius 1 is 1.09 bits per heavy atom. The zero-order valence-corrected chi connectivity index (χ0v) is 15.3. The quantitative estimate of drug-likeness (QED) is 0.386. The highest BCUT2D eigenvalue weighted by Crippen LogP contribution is 2.42. The molecule has 132 valence electrons. The van der Waals surface area contributed by atoms with Crippen LogP contribution >= 0.6 is 0 Å². The maximum absolute atomic E-state index is 12.3. The molecule has 7 heteroatoms. The molecule has 1 unspecified atom stereocenters. The van der Waals surface area contributed by atoms with Crippen molar-refractivity contribution < 1.29 is 18.2 Å². The normalized spacial score (nSPS) is 12.9. The Balaban J connectivity index is 3.52. The summed E-state index contributed by atoms with van der Waals surface area (Å²) in [6.45, 7) is 5.25. The largest absolute Gasteiger partial charge is 0.494 e. The average molecular weight is 345 g/mol. The molecule has 0 aliphatic rings. The molecule has 1 rings (SSSR count). The molecule has 0 saturated carbocycles. The molecule has 1 aromatic rings. The van der Waals surface area contributed by atoms with E-state index in [2.05, 4.69) is 13.8 Å². The van der Waals surface area contributed by atoms with Crippen molar-refractivity contribution in [3.05, 3.63) is 12.1 Å².